The Balaban J connectivity index is 2.17. The van der Waals surface area contributed by atoms with Crippen molar-refractivity contribution < 1.29 is 5.11 Å². The molecule has 0 fully saturated rings. The fourth-order valence-electron chi connectivity index (χ4n) is 2.27. The van der Waals surface area contributed by atoms with Crippen molar-refractivity contribution in [1.82, 2.24) is 9.78 Å². The third kappa shape index (κ3) is 2.01. The second-order valence-electron chi connectivity index (χ2n) is 4.63. The van der Waals surface area contributed by atoms with Crippen molar-refractivity contribution in [2.75, 3.05) is 0 Å². The molecule has 0 saturated heterocycles. The fourth-order valence-corrected chi connectivity index (χ4v) is 2.27. The van der Waals surface area contributed by atoms with Gasteiger partial charge >= 0.3 is 0 Å². The Labute approximate surface area is 115 Å². The second-order valence-corrected chi connectivity index (χ2v) is 4.63. The van der Waals surface area contributed by atoms with Crippen LogP contribution in [0.15, 0.2) is 59.4 Å². The molecule has 0 amide bonds. The average molecular weight is 266 g/mol. The second kappa shape index (κ2) is 4.74. The zero-order chi connectivity index (χ0) is 14.1. The topological polar surface area (TPSA) is 58.0 Å². The number of aromatic hydroxyl groups is 1. The van der Waals surface area contributed by atoms with Crippen molar-refractivity contribution in [2.24, 2.45) is 0 Å². The zero-order valence-corrected chi connectivity index (χ0v) is 11.0. The van der Waals surface area contributed by atoms with E-state index in [1.165, 1.54) is 4.68 Å². The van der Waals surface area contributed by atoms with Gasteiger partial charge in [0, 0.05) is 5.69 Å². The molecule has 0 aliphatic heterocycles. The number of nitrogens with zero attached hydrogens (tertiary/aromatic N) is 1. The number of hydrogen-bond acceptors (Lipinski definition) is 2. The minimum Gasteiger partial charge on any atom is -0.508 e. The van der Waals surface area contributed by atoms with Crippen LogP contribution in [0.2, 0.25) is 0 Å². The van der Waals surface area contributed by atoms with Gasteiger partial charge in [-0.3, -0.25) is 9.89 Å². The van der Waals surface area contributed by atoms with E-state index >= 15 is 0 Å². The maximum absolute atomic E-state index is 12.5. The van der Waals surface area contributed by atoms with Gasteiger partial charge in [0.2, 0.25) is 0 Å². The summed E-state index contributed by atoms with van der Waals surface area (Å²) < 4.78 is 1.48. The lowest BCUT2D eigenvalue weighted by molar-refractivity contribution is 0.475. The first-order valence-corrected chi connectivity index (χ1v) is 6.33. The van der Waals surface area contributed by atoms with Crippen molar-refractivity contribution >= 4 is 0 Å². The van der Waals surface area contributed by atoms with E-state index in [1.54, 1.807) is 24.3 Å². The molecule has 2 aromatic carbocycles. The number of phenolic OH excluding ortho intramolecular Hbond substituents is 1. The molecule has 0 spiro atoms. The molecule has 20 heavy (non-hydrogen) atoms. The highest BCUT2D eigenvalue weighted by Crippen LogP contribution is 2.20. The van der Waals surface area contributed by atoms with Gasteiger partial charge in [-0.1, -0.05) is 30.3 Å². The number of aromatic nitrogens is 2. The van der Waals surface area contributed by atoms with E-state index in [4.69, 9.17) is 0 Å². The van der Waals surface area contributed by atoms with Gasteiger partial charge in [-0.2, -0.15) is 0 Å². The molecule has 2 N–H and O–H groups in total. The van der Waals surface area contributed by atoms with Gasteiger partial charge in [-0.15, -0.1) is 0 Å². The fraction of sp³-hybridized carbons (Fsp3) is 0.0625. The van der Waals surface area contributed by atoms with Crippen LogP contribution in [0.3, 0.4) is 0 Å². The van der Waals surface area contributed by atoms with Crippen LogP contribution in [-0.2, 0) is 0 Å². The normalized spacial score (nSPS) is 10.7. The number of hydrogen-bond donors (Lipinski definition) is 2. The van der Waals surface area contributed by atoms with Crippen molar-refractivity contribution in [1.29, 1.82) is 0 Å². The Kier molecular flexibility index (Phi) is 2.91. The molecular formula is C16H14N2O2. The molecule has 4 heteroatoms. The maximum Gasteiger partial charge on any atom is 0.279 e. The van der Waals surface area contributed by atoms with Crippen LogP contribution in [0.25, 0.3) is 16.8 Å². The summed E-state index contributed by atoms with van der Waals surface area (Å²) in [5.74, 6) is 0.174. The van der Waals surface area contributed by atoms with Crippen molar-refractivity contribution in [2.45, 2.75) is 6.92 Å². The molecule has 0 unspecified atom stereocenters. The molecular weight excluding hydrogens is 252 g/mol. The van der Waals surface area contributed by atoms with E-state index < -0.39 is 0 Å². The number of nitrogens with one attached hydrogen (secondary N) is 1. The molecule has 1 aromatic heterocycles. The number of phenols is 1. The standard InChI is InChI=1S/C16H14N2O2/c1-11-15(12-5-3-2-4-6-12)16(20)18(17-11)13-7-9-14(19)10-8-13/h2-10,17,19H,1H3. The minimum atomic E-state index is -0.0978. The molecule has 0 atom stereocenters. The van der Waals surface area contributed by atoms with Gasteiger partial charge in [0.15, 0.2) is 0 Å². The Morgan fingerprint density at radius 1 is 1.00 bits per heavy atom. The van der Waals surface area contributed by atoms with Crippen molar-refractivity contribution in [3.8, 4) is 22.6 Å². The van der Waals surface area contributed by atoms with Gasteiger partial charge in [0.1, 0.15) is 5.75 Å². The van der Waals surface area contributed by atoms with E-state index in [0.29, 0.717) is 11.3 Å². The van der Waals surface area contributed by atoms with Crippen LogP contribution in [0.5, 0.6) is 5.75 Å². The van der Waals surface area contributed by atoms with Crippen LogP contribution in [-0.4, -0.2) is 14.9 Å². The smallest absolute Gasteiger partial charge is 0.279 e. The molecule has 0 aliphatic carbocycles. The van der Waals surface area contributed by atoms with E-state index in [2.05, 4.69) is 5.10 Å². The third-order valence-corrected chi connectivity index (χ3v) is 3.24. The molecule has 4 nitrogen and oxygen atoms in total. The Bertz CT molecular complexity index is 784. The molecule has 3 aromatic rings. The Morgan fingerprint density at radius 2 is 1.65 bits per heavy atom. The highest BCUT2D eigenvalue weighted by molar-refractivity contribution is 5.65. The Hall–Kier alpha value is -2.75. The molecule has 0 saturated carbocycles. The van der Waals surface area contributed by atoms with Gasteiger partial charge in [-0.25, -0.2) is 4.68 Å². The summed E-state index contributed by atoms with van der Waals surface area (Å²) in [6, 6.07) is 16.1. The summed E-state index contributed by atoms with van der Waals surface area (Å²) in [6.07, 6.45) is 0. The van der Waals surface area contributed by atoms with Gasteiger partial charge in [0.25, 0.3) is 5.56 Å². The highest BCUT2D eigenvalue weighted by Gasteiger charge is 2.13. The maximum atomic E-state index is 12.5. The first-order chi connectivity index (χ1) is 9.66. The summed E-state index contributed by atoms with van der Waals surface area (Å²) in [7, 11) is 0. The lowest BCUT2D eigenvalue weighted by Crippen LogP contribution is -2.15. The Morgan fingerprint density at radius 3 is 2.30 bits per heavy atom. The molecule has 0 bridgehead atoms. The summed E-state index contributed by atoms with van der Waals surface area (Å²) in [6.45, 7) is 1.88. The van der Waals surface area contributed by atoms with Crippen molar-refractivity contribution in [3.63, 3.8) is 0 Å². The highest BCUT2D eigenvalue weighted by atomic mass is 16.3. The quantitative estimate of drug-likeness (QED) is 0.749. The summed E-state index contributed by atoms with van der Waals surface area (Å²) in [5.41, 5.74) is 2.97. The molecule has 3 rings (SSSR count). The third-order valence-electron chi connectivity index (χ3n) is 3.24. The van der Waals surface area contributed by atoms with E-state index in [0.717, 1.165) is 11.3 Å². The lowest BCUT2D eigenvalue weighted by Gasteiger charge is -2.01. The first kappa shape index (κ1) is 12.3. The zero-order valence-electron chi connectivity index (χ0n) is 11.0. The first-order valence-electron chi connectivity index (χ1n) is 6.33. The number of rotatable bonds is 2. The predicted molar refractivity (Wildman–Crippen MR) is 78.2 cm³/mol. The van der Waals surface area contributed by atoms with E-state index in [1.807, 2.05) is 37.3 Å². The van der Waals surface area contributed by atoms with Crippen LogP contribution in [0, 0.1) is 6.92 Å². The van der Waals surface area contributed by atoms with Crippen LogP contribution < -0.4 is 5.56 Å². The summed E-state index contributed by atoms with van der Waals surface area (Å²) >= 11 is 0. The number of aromatic amines is 1. The van der Waals surface area contributed by atoms with E-state index in [9.17, 15) is 9.90 Å². The summed E-state index contributed by atoms with van der Waals surface area (Å²) in [5, 5.41) is 12.4. The van der Waals surface area contributed by atoms with Crippen LogP contribution in [0.1, 0.15) is 5.69 Å². The van der Waals surface area contributed by atoms with Crippen molar-refractivity contribution in [3.05, 3.63) is 70.6 Å². The number of H-pyrrole nitrogens is 1. The average Bonchev–Trinajstić information content (AvgIpc) is 2.76. The molecule has 1 heterocycles. The SMILES string of the molecule is Cc1[nH]n(-c2ccc(O)cc2)c(=O)c1-c1ccccc1. The van der Waals surface area contributed by atoms with Crippen LogP contribution in [0.4, 0.5) is 0 Å². The summed E-state index contributed by atoms with van der Waals surface area (Å²) in [4.78, 5) is 12.5. The molecule has 100 valence electrons. The van der Waals surface area contributed by atoms with Crippen LogP contribution >= 0.6 is 0 Å². The van der Waals surface area contributed by atoms with Gasteiger partial charge in [-0.05, 0) is 36.8 Å². The lowest BCUT2D eigenvalue weighted by atomic mass is 10.1. The largest absolute Gasteiger partial charge is 0.508 e. The number of aryl methyl sites for hydroxylation is 1. The van der Waals surface area contributed by atoms with Gasteiger partial charge in [0.05, 0.1) is 11.3 Å². The monoisotopic (exact) mass is 266 g/mol. The predicted octanol–water partition coefficient (Wildman–Crippen LogP) is 2.85. The van der Waals surface area contributed by atoms with Gasteiger partial charge < -0.3 is 5.11 Å². The molecule has 0 aliphatic rings. The minimum absolute atomic E-state index is 0.0978. The molecule has 0 radical (unpaired) electrons. The number of benzene rings is 2. The van der Waals surface area contributed by atoms with E-state index in [-0.39, 0.29) is 11.3 Å².